The molecule has 1 saturated heterocycles. The van der Waals surface area contributed by atoms with Gasteiger partial charge in [0.1, 0.15) is 0 Å². The van der Waals surface area contributed by atoms with E-state index in [4.69, 9.17) is 9.31 Å². The van der Waals surface area contributed by atoms with E-state index in [-0.39, 0.29) is 18.8 Å². The van der Waals surface area contributed by atoms with E-state index in [0.717, 1.165) is 11.9 Å². The van der Waals surface area contributed by atoms with Crippen molar-refractivity contribution in [3.8, 4) is 0 Å². The monoisotopic (exact) mass is 218 g/mol. The fourth-order valence-electron chi connectivity index (χ4n) is 2.28. The molecule has 0 radical (unpaired) electrons. The Morgan fingerprint density at radius 3 is 2.75 bits per heavy atom. The van der Waals surface area contributed by atoms with E-state index in [2.05, 4.69) is 45.9 Å². The molecule has 2 nitrogen and oxygen atoms in total. The standard InChI is InChI=1S/C13H19BO2/c1-10-6-5-7-12(8-10)14-15-11(2)9-13(3,4)16-14/h5-8,11H,9H2,1-4H3/t11-/m1/s1. The molecule has 0 spiro atoms. The Labute approximate surface area is 98.1 Å². The molecule has 1 aliphatic rings. The number of rotatable bonds is 1. The van der Waals surface area contributed by atoms with Crippen molar-refractivity contribution in [3.63, 3.8) is 0 Å². The molecule has 86 valence electrons. The SMILES string of the molecule is Cc1cccc(B2O[C@H](C)CC(C)(C)O2)c1. The van der Waals surface area contributed by atoms with Crippen LogP contribution in [0, 0.1) is 6.92 Å². The first kappa shape index (κ1) is 11.7. The van der Waals surface area contributed by atoms with Crippen LogP contribution in [0.5, 0.6) is 0 Å². The van der Waals surface area contributed by atoms with E-state index >= 15 is 0 Å². The lowest BCUT2D eigenvalue weighted by Crippen LogP contribution is -2.51. The maximum atomic E-state index is 5.96. The van der Waals surface area contributed by atoms with Crippen LogP contribution >= 0.6 is 0 Å². The summed E-state index contributed by atoms with van der Waals surface area (Å²) in [5.74, 6) is 0. The lowest BCUT2D eigenvalue weighted by atomic mass is 9.74. The highest BCUT2D eigenvalue weighted by molar-refractivity contribution is 6.61. The van der Waals surface area contributed by atoms with Crippen LogP contribution in [0.1, 0.15) is 32.8 Å². The number of aryl methyl sites for hydroxylation is 1. The van der Waals surface area contributed by atoms with Gasteiger partial charge < -0.3 is 9.31 Å². The zero-order valence-electron chi connectivity index (χ0n) is 10.5. The molecule has 0 aromatic heterocycles. The Balaban J connectivity index is 2.21. The van der Waals surface area contributed by atoms with Crippen molar-refractivity contribution >= 4 is 12.6 Å². The van der Waals surface area contributed by atoms with Gasteiger partial charge in [0.05, 0.1) is 5.60 Å². The highest BCUT2D eigenvalue weighted by atomic mass is 16.6. The minimum Gasteiger partial charge on any atom is -0.405 e. The van der Waals surface area contributed by atoms with Gasteiger partial charge in [0, 0.05) is 6.10 Å². The Bertz CT molecular complexity index is 376. The molecule has 16 heavy (non-hydrogen) atoms. The highest BCUT2D eigenvalue weighted by Gasteiger charge is 2.37. The van der Waals surface area contributed by atoms with Crippen LogP contribution in [0.25, 0.3) is 0 Å². The molecule has 1 fully saturated rings. The first-order valence-electron chi connectivity index (χ1n) is 5.86. The molecule has 0 saturated carbocycles. The van der Waals surface area contributed by atoms with E-state index in [1.807, 2.05) is 6.07 Å². The second-order valence-corrected chi connectivity index (χ2v) is 5.27. The first-order chi connectivity index (χ1) is 7.46. The van der Waals surface area contributed by atoms with Crippen LogP contribution in [0.4, 0.5) is 0 Å². The average Bonchev–Trinajstić information content (AvgIpc) is 2.14. The first-order valence-corrected chi connectivity index (χ1v) is 5.86. The molecule has 0 bridgehead atoms. The van der Waals surface area contributed by atoms with E-state index in [1.165, 1.54) is 5.56 Å². The third kappa shape index (κ3) is 2.66. The number of hydrogen-bond donors (Lipinski definition) is 0. The van der Waals surface area contributed by atoms with Crippen LogP contribution in [-0.4, -0.2) is 18.8 Å². The van der Waals surface area contributed by atoms with Crippen LogP contribution in [-0.2, 0) is 9.31 Å². The van der Waals surface area contributed by atoms with Gasteiger partial charge in [-0.3, -0.25) is 0 Å². The summed E-state index contributed by atoms with van der Waals surface area (Å²) in [7, 11) is -0.223. The Kier molecular flexibility index (Phi) is 3.09. The fraction of sp³-hybridized carbons (Fsp3) is 0.538. The van der Waals surface area contributed by atoms with Crippen molar-refractivity contribution in [2.24, 2.45) is 0 Å². The largest absolute Gasteiger partial charge is 0.494 e. The molecule has 1 aliphatic heterocycles. The normalized spacial score (nSPS) is 24.5. The molecule has 3 heteroatoms. The molecule has 0 aliphatic carbocycles. The average molecular weight is 218 g/mol. The van der Waals surface area contributed by atoms with E-state index in [1.54, 1.807) is 0 Å². The van der Waals surface area contributed by atoms with Crippen LogP contribution in [0.3, 0.4) is 0 Å². The second-order valence-electron chi connectivity index (χ2n) is 5.27. The molecule has 2 rings (SSSR count). The van der Waals surface area contributed by atoms with Crippen LogP contribution in [0.15, 0.2) is 24.3 Å². The van der Waals surface area contributed by atoms with Gasteiger partial charge in [-0.25, -0.2) is 0 Å². The zero-order chi connectivity index (χ0) is 11.8. The number of benzene rings is 1. The molecular weight excluding hydrogens is 199 g/mol. The smallest absolute Gasteiger partial charge is 0.405 e. The van der Waals surface area contributed by atoms with Gasteiger partial charge in [-0.2, -0.15) is 0 Å². The molecule has 0 N–H and O–H groups in total. The van der Waals surface area contributed by atoms with Crippen molar-refractivity contribution in [2.75, 3.05) is 0 Å². The summed E-state index contributed by atoms with van der Waals surface area (Å²) in [6.07, 6.45) is 1.18. The van der Waals surface area contributed by atoms with Crippen molar-refractivity contribution in [3.05, 3.63) is 29.8 Å². The Hall–Kier alpha value is -0.795. The van der Waals surface area contributed by atoms with Crippen LogP contribution in [0.2, 0.25) is 0 Å². The third-order valence-electron chi connectivity index (χ3n) is 2.88. The quantitative estimate of drug-likeness (QED) is 0.673. The summed E-state index contributed by atoms with van der Waals surface area (Å²) in [6, 6.07) is 8.31. The van der Waals surface area contributed by atoms with Gasteiger partial charge in [-0.05, 0) is 39.6 Å². The zero-order valence-corrected chi connectivity index (χ0v) is 10.5. The van der Waals surface area contributed by atoms with Gasteiger partial charge in [0.15, 0.2) is 0 Å². The molecular formula is C13H19BO2. The fourth-order valence-corrected chi connectivity index (χ4v) is 2.28. The molecule has 1 heterocycles. The Morgan fingerprint density at radius 2 is 2.12 bits per heavy atom. The van der Waals surface area contributed by atoms with Crippen LogP contribution < -0.4 is 5.46 Å². The molecule has 1 aromatic carbocycles. The van der Waals surface area contributed by atoms with Crippen molar-refractivity contribution in [2.45, 2.75) is 45.8 Å². The van der Waals surface area contributed by atoms with Gasteiger partial charge in [0.25, 0.3) is 0 Å². The maximum Gasteiger partial charge on any atom is 0.494 e. The summed E-state index contributed by atoms with van der Waals surface area (Å²) in [6.45, 7) is 8.43. The predicted molar refractivity (Wildman–Crippen MR) is 66.9 cm³/mol. The van der Waals surface area contributed by atoms with Gasteiger partial charge in [0.2, 0.25) is 0 Å². The minimum absolute atomic E-state index is 0.105. The third-order valence-corrected chi connectivity index (χ3v) is 2.88. The van der Waals surface area contributed by atoms with Crippen molar-refractivity contribution in [1.82, 2.24) is 0 Å². The molecule has 1 aromatic rings. The van der Waals surface area contributed by atoms with E-state index in [9.17, 15) is 0 Å². The lowest BCUT2D eigenvalue weighted by molar-refractivity contribution is -0.0229. The molecule has 0 amide bonds. The van der Waals surface area contributed by atoms with Crippen molar-refractivity contribution < 1.29 is 9.31 Å². The summed E-state index contributed by atoms with van der Waals surface area (Å²) in [5, 5.41) is 0. The summed E-state index contributed by atoms with van der Waals surface area (Å²) in [4.78, 5) is 0. The second kappa shape index (κ2) is 4.23. The topological polar surface area (TPSA) is 18.5 Å². The predicted octanol–water partition coefficient (Wildman–Crippen LogP) is 2.29. The lowest BCUT2D eigenvalue weighted by Gasteiger charge is -2.38. The summed E-state index contributed by atoms with van der Waals surface area (Å²) < 4.78 is 11.8. The summed E-state index contributed by atoms with van der Waals surface area (Å²) >= 11 is 0. The van der Waals surface area contributed by atoms with Gasteiger partial charge in [-0.1, -0.05) is 29.8 Å². The van der Waals surface area contributed by atoms with Crippen molar-refractivity contribution in [1.29, 1.82) is 0 Å². The summed E-state index contributed by atoms with van der Waals surface area (Å²) in [5.41, 5.74) is 2.24. The maximum absolute atomic E-state index is 5.96. The number of hydrogen-bond acceptors (Lipinski definition) is 2. The van der Waals surface area contributed by atoms with E-state index in [0.29, 0.717) is 0 Å². The molecule has 1 atom stereocenters. The van der Waals surface area contributed by atoms with Gasteiger partial charge >= 0.3 is 7.12 Å². The van der Waals surface area contributed by atoms with E-state index < -0.39 is 0 Å². The Morgan fingerprint density at radius 1 is 1.38 bits per heavy atom. The van der Waals surface area contributed by atoms with Gasteiger partial charge in [-0.15, -0.1) is 0 Å². The highest BCUT2D eigenvalue weighted by Crippen LogP contribution is 2.25. The molecule has 0 unspecified atom stereocenters. The minimum atomic E-state index is -0.223.